The third-order valence-corrected chi connectivity index (χ3v) is 9.72. The Balaban J connectivity index is 2.51. The van der Waals surface area contributed by atoms with Gasteiger partial charge in [-0.25, -0.2) is 0 Å². The van der Waals surface area contributed by atoms with Gasteiger partial charge in [-0.15, -0.1) is 0 Å². The highest BCUT2D eigenvalue weighted by Crippen LogP contribution is 2.22. The van der Waals surface area contributed by atoms with Gasteiger partial charge in [0.05, 0.1) is 25.4 Å². The van der Waals surface area contributed by atoms with Crippen molar-refractivity contribution >= 4 is 5.91 Å². The van der Waals surface area contributed by atoms with Crippen molar-refractivity contribution in [3.63, 3.8) is 0 Å². The van der Waals surface area contributed by atoms with Crippen LogP contribution in [0.15, 0.2) is 12.2 Å². The fourth-order valence-corrected chi connectivity index (χ4v) is 6.34. The normalized spacial score (nSPS) is 23.1. The number of aliphatic hydroxyl groups is 6. The summed E-state index contributed by atoms with van der Waals surface area (Å²) >= 11 is 0. The molecule has 1 aliphatic rings. The highest BCUT2D eigenvalue weighted by atomic mass is 16.7. The lowest BCUT2D eigenvalue weighted by Crippen LogP contribution is -2.60. The van der Waals surface area contributed by atoms with Crippen LogP contribution in [0.4, 0.5) is 0 Å². The number of hydrogen-bond donors (Lipinski definition) is 7. The first-order valence-electron chi connectivity index (χ1n) is 20.0. The van der Waals surface area contributed by atoms with Crippen LogP contribution in [0.3, 0.4) is 0 Å². The molecule has 1 fully saturated rings. The third-order valence-electron chi connectivity index (χ3n) is 9.72. The molecule has 0 saturated carbocycles. The minimum absolute atomic E-state index is 0.302. The van der Waals surface area contributed by atoms with E-state index in [0.29, 0.717) is 6.42 Å². The van der Waals surface area contributed by atoms with Gasteiger partial charge >= 0.3 is 0 Å². The molecule has 0 bridgehead atoms. The molecule has 0 aromatic heterocycles. The van der Waals surface area contributed by atoms with Crippen LogP contribution in [-0.2, 0) is 14.3 Å². The fourth-order valence-electron chi connectivity index (χ4n) is 6.34. The standard InChI is InChI=1S/C39H75NO9/c1-3-5-7-9-11-13-15-17-19-21-23-25-27-32(42)31(30-48-39-37(46)36(45)35(44)34(29-41)49-39)40-38(47)33(43)28-26-24-22-20-18-16-14-12-10-8-6-4-2/h25,27,31-37,39,41-46H,3-24,26,28-30H2,1-2H3,(H,40,47)/b27-25+. The molecule has 1 rings (SSSR count). The summed E-state index contributed by atoms with van der Waals surface area (Å²) in [7, 11) is 0. The first kappa shape index (κ1) is 45.9. The van der Waals surface area contributed by atoms with E-state index >= 15 is 0 Å². The summed E-state index contributed by atoms with van der Waals surface area (Å²) in [5, 5.41) is 64.3. The molecule has 290 valence electrons. The van der Waals surface area contributed by atoms with E-state index in [0.717, 1.165) is 44.9 Å². The average Bonchev–Trinajstić information content (AvgIpc) is 3.10. The third kappa shape index (κ3) is 21.8. The Morgan fingerprint density at radius 1 is 0.694 bits per heavy atom. The van der Waals surface area contributed by atoms with Gasteiger partial charge in [0.2, 0.25) is 5.91 Å². The molecule has 0 radical (unpaired) electrons. The van der Waals surface area contributed by atoms with Gasteiger partial charge in [0.15, 0.2) is 6.29 Å². The summed E-state index contributed by atoms with van der Waals surface area (Å²) in [5.41, 5.74) is 0. The number of aliphatic hydroxyl groups excluding tert-OH is 6. The van der Waals surface area contributed by atoms with Gasteiger partial charge in [0, 0.05) is 0 Å². The number of allylic oxidation sites excluding steroid dienone is 1. The molecule has 8 unspecified atom stereocenters. The Labute approximate surface area is 298 Å². The Morgan fingerprint density at radius 3 is 1.65 bits per heavy atom. The fraction of sp³-hybridized carbons (Fsp3) is 0.923. The number of unbranched alkanes of at least 4 members (excludes halogenated alkanes) is 21. The van der Waals surface area contributed by atoms with Crippen molar-refractivity contribution in [2.45, 2.75) is 217 Å². The molecule has 0 spiro atoms. The van der Waals surface area contributed by atoms with Crippen molar-refractivity contribution in [1.82, 2.24) is 5.32 Å². The Hall–Kier alpha value is -1.11. The molecule has 1 amide bonds. The van der Waals surface area contributed by atoms with Crippen molar-refractivity contribution in [2.24, 2.45) is 0 Å². The predicted octanol–water partition coefficient (Wildman–Crippen LogP) is 5.97. The minimum atomic E-state index is -1.60. The van der Waals surface area contributed by atoms with Crippen LogP contribution in [0, 0.1) is 0 Å². The molecule has 1 heterocycles. The average molecular weight is 702 g/mol. The van der Waals surface area contributed by atoms with Crippen LogP contribution in [0.1, 0.15) is 168 Å². The molecule has 0 aromatic carbocycles. The van der Waals surface area contributed by atoms with Crippen molar-refractivity contribution < 1.29 is 44.9 Å². The lowest BCUT2D eigenvalue weighted by molar-refractivity contribution is -0.302. The lowest BCUT2D eigenvalue weighted by Gasteiger charge is -2.40. The lowest BCUT2D eigenvalue weighted by atomic mass is 9.99. The molecule has 8 atom stereocenters. The summed E-state index contributed by atoms with van der Waals surface area (Å²) in [5.74, 6) is -0.618. The maximum Gasteiger partial charge on any atom is 0.249 e. The van der Waals surface area contributed by atoms with Crippen LogP contribution in [0.25, 0.3) is 0 Å². The molecular formula is C39H75NO9. The number of rotatable bonds is 32. The Kier molecular flexibility index (Phi) is 28.6. The van der Waals surface area contributed by atoms with Crippen LogP contribution < -0.4 is 5.32 Å². The van der Waals surface area contributed by atoms with E-state index in [-0.39, 0.29) is 6.61 Å². The van der Waals surface area contributed by atoms with Crippen LogP contribution >= 0.6 is 0 Å². The predicted molar refractivity (Wildman–Crippen MR) is 195 cm³/mol. The van der Waals surface area contributed by atoms with E-state index in [4.69, 9.17) is 9.47 Å². The largest absolute Gasteiger partial charge is 0.394 e. The number of carbonyl (C=O) groups is 1. The summed E-state index contributed by atoms with van der Waals surface area (Å²) in [4.78, 5) is 12.9. The quantitative estimate of drug-likeness (QED) is 0.0330. The second-order valence-electron chi connectivity index (χ2n) is 14.2. The van der Waals surface area contributed by atoms with Gasteiger partial charge in [0.25, 0.3) is 0 Å². The zero-order valence-corrected chi connectivity index (χ0v) is 31.1. The Morgan fingerprint density at radius 2 is 1.16 bits per heavy atom. The van der Waals surface area contributed by atoms with Crippen molar-refractivity contribution in [2.75, 3.05) is 13.2 Å². The van der Waals surface area contributed by atoms with E-state index in [2.05, 4.69) is 19.2 Å². The molecule has 1 aliphatic heterocycles. The van der Waals surface area contributed by atoms with E-state index in [1.165, 1.54) is 103 Å². The van der Waals surface area contributed by atoms with Gasteiger partial charge in [-0.05, 0) is 19.3 Å². The molecule has 0 aromatic rings. The van der Waals surface area contributed by atoms with E-state index in [1.54, 1.807) is 6.08 Å². The maximum absolute atomic E-state index is 12.9. The number of amides is 1. The van der Waals surface area contributed by atoms with E-state index < -0.39 is 61.5 Å². The SMILES string of the molecule is CCCCCCCCCCCC/C=C/C(O)C(COC1OC(CO)C(O)C(O)C1O)NC(=O)C(O)CCCCCCCCCCCCCC. The topological polar surface area (TPSA) is 169 Å². The van der Waals surface area contributed by atoms with Gasteiger partial charge in [-0.1, -0.05) is 161 Å². The Bertz CT molecular complexity index is 798. The highest BCUT2D eigenvalue weighted by Gasteiger charge is 2.44. The second-order valence-corrected chi connectivity index (χ2v) is 14.2. The maximum atomic E-state index is 12.9. The molecule has 10 nitrogen and oxygen atoms in total. The first-order chi connectivity index (χ1) is 23.8. The van der Waals surface area contributed by atoms with Gasteiger partial charge in [-0.2, -0.15) is 0 Å². The summed E-state index contributed by atoms with van der Waals surface area (Å²) in [6, 6.07) is -0.972. The molecular weight excluding hydrogens is 626 g/mol. The summed E-state index contributed by atoms with van der Waals surface area (Å²) in [6.45, 7) is 3.57. The number of hydrogen-bond acceptors (Lipinski definition) is 9. The van der Waals surface area contributed by atoms with Crippen LogP contribution in [0.5, 0.6) is 0 Å². The minimum Gasteiger partial charge on any atom is -0.394 e. The number of nitrogens with one attached hydrogen (secondary N) is 1. The molecule has 7 N–H and O–H groups in total. The van der Waals surface area contributed by atoms with Gasteiger partial charge < -0.3 is 45.4 Å². The molecule has 0 aliphatic carbocycles. The highest BCUT2D eigenvalue weighted by molar-refractivity contribution is 5.80. The van der Waals surface area contributed by atoms with Crippen LogP contribution in [0.2, 0.25) is 0 Å². The molecule has 1 saturated heterocycles. The second kappa shape index (κ2) is 30.5. The summed E-state index contributed by atoms with van der Waals surface area (Å²) in [6.07, 6.45) is 21.6. The van der Waals surface area contributed by atoms with Gasteiger partial charge in [0.1, 0.15) is 30.5 Å². The first-order valence-corrected chi connectivity index (χ1v) is 20.0. The number of carbonyl (C=O) groups excluding carboxylic acids is 1. The van der Waals surface area contributed by atoms with Gasteiger partial charge in [-0.3, -0.25) is 4.79 Å². The van der Waals surface area contributed by atoms with E-state index in [1.807, 2.05) is 6.08 Å². The summed E-state index contributed by atoms with van der Waals surface area (Å²) < 4.78 is 11.1. The smallest absolute Gasteiger partial charge is 0.249 e. The van der Waals surface area contributed by atoms with E-state index in [9.17, 15) is 35.4 Å². The van der Waals surface area contributed by atoms with Crippen molar-refractivity contribution in [3.8, 4) is 0 Å². The van der Waals surface area contributed by atoms with Crippen molar-refractivity contribution in [3.05, 3.63) is 12.2 Å². The zero-order chi connectivity index (χ0) is 36.1. The zero-order valence-electron chi connectivity index (χ0n) is 31.1. The van der Waals surface area contributed by atoms with Crippen LogP contribution in [-0.4, -0.2) is 98.7 Å². The molecule has 49 heavy (non-hydrogen) atoms. The van der Waals surface area contributed by atoms with Crippen molar-refractivity contribution in [1.29, 1.82) is 0 Å². The monoisotopic (exact) mass is 702 g/mol. The number of ether oxygens (including phenoxy) is 2. The molecule has 10 heteroatoms.